The number of hydrogen-bond donors (Lipinski definition) is 1. The number of halogens is 4. The molecule has 0 aliphatic rings. The molecule has 0 aromatic heterocycles. The van der Waals surface area contributed by atoms with E-state index in [0.717, 1.165) is 37.4 Å². The first-order valence-electron chi connectivity index (χ1n) is 11.2. The summed E-state index contributed by atoms with van der Waals surface area (Å²) in [5.74, 6) is -5.51. The summed E-state index contributed by atoms with van der Waals surface area (Å²) in [6.45, 7) is 1.31. The molecule has 0 saturated carbocycles. The molecule has 0 aliphatic carbocycles. The Balaban J connectivity index is 2.17. The molecule has 0 amide bonds. The molecule has 2 atom stereocenters. The zero-order valence-corrected chi connectivity index (χ0v) is 23.0. The van der Waals surface area contributed by atoms with E-state index in [1.54, 1.807) is 0 Å². The fourth-order valence-corrected chi connectivity index (χ4v) is 7.23. The Morgan fingerprint density at radius 3 is 2.18 bits per heavy atom. The average Bonchev–Trinajstić information content (AvgIpc) is 2.85. The fraction of sp³-hybridized carbons (Fsp3) is 0.240. The van der Waals surface area contributed by atoms with Crippen LogP contribution in [0.4, 0.5) is 18.9 Å². The van der Waals surface area contributed by atoms with E-state index in [1.165, 1.54) is 31.2 Å². The van der Waals surface area contributed by atoms with Gasteiger partial charge in [-0.05, 0) is 66.6 Å². The SMILES string of the molecule is COC(=O)C(N)CS(=O)(=O)Cc1cc(F)ccc1[C@@H](C)N(c1cc(F)ccc1F)S(=O)(=O)c1ccc(Cl)cc1. The van der Waals surface area contributed by atoms with Gasteiger partial charge in [0.15, 0.2) is 9.84 Å². The van der Waals surface area contributed by atoms with E-state index in [-0.39, 0.29) is 21.0 Å². The van der Waals surface area contributed by atoms with Crippen LogP contribution >= 0.6 is 11.6 Å². The molecule has 39 heavy (non-hydrogen) atoms. The van der Waals surface area contributed by atoms with Crippen LogP contribution in [0.3, 0.4) is 0 Å². The van der Waals surface area contributed by atoms with Gasteiger partial charge in [0.2, 0.25) is 0 Å². The summed E-state index contributed by atoms with van der Waals surface area (Å²) in [5, 5.41) is 0.224. The Morgan fingerprint density at radius 2 is 1.56 bits per heavy atom. The van der Waals surface area contributed by atoms with Crippen LogP contribution in [0, 0.1) is 17.5 Å². The van der Waals surface area contributed by atoms with Crippen LogP contribution in [0.1, 0.15) is 24.1 Å². The Labute approximate surface area is 229 Å². The van der Waals surface area contributed by atoms with Crippen LogP contribution in [0.15, 0.2) is 65.6 Å². The molecular formula is C25H24ClF3N2O6S2. The lowest BCUT2D eigenvalue weighted by Gasteiger charge is -2.32. The van der Waals surface area contributed by atoms with Gasteiger partial charge in [-0.2, -0.15) is 0 Å². The maximum absolute atomic E-state index is 15.0. The maximum atomic E-state index is 15.0. The first kappa shape index (κ1) is 30.4. The number of carbonyl (C=O) groups is 1. The third-order valence-electron chi connectivity index (χ3n) is 5.74. The van der Waals surface area contributed by atoms with E-state index in [1.807, 2.05) is 0 Å². The molecule has 0 heterocycles. The molecular weight excluding hydrogens is 581 g/mol. The van der Waals surface area contributed by atoms with Crippen molar-refractivity contribution in [1.82, 2.24) is 0 Å². The fourth-order valence-electron chi connectivity index (χ4n) is 3.94. The summed E-state index contributed by atoms with van der Waals surface area (Å²) in [4.78, 5) is 11.3. The number of hydrogen-bond acceptors (Lipinski definition) is 7. The topological polar surface area (TPSA) is 124 Å². The summed E-state index contributed by atoms with van der Waals surface area (Å²) >= 11 is 5.88. The number of nitrogens with zero attached hydrogens (tertiary/aromatic N) is 1. The number of sulfonamides is 1. The van der Waals surface area contributed by atoms with Crippen molar-refractivity contribution in [3.8, 4) is 0 Å². The van der Waals surface area contributed by atoms with Crippen molar-refractivity contribution in [1.29, 1.82) is 0 Å². The lowest BCUT2D eigenvalue weighted by Crippen LogP contribution is -2.39. The molecule has 0 bridgehead atoms. The number of rotatable bonds is 10. The highest BCUT2D eigenvalue weighted by molar-refractivity contribution is 7.92. The minimum atomic E-state index is -4.62. The van der Waals surface area contributed by atoms with Gasteiger partial charge >= 0.3 is 5.97 Å². The number of nitrogens with two attached hydrogens (primary N) is 1. The second-order valence-corrected chi connectivity index (χ2v) is 12.9. The van der Waals surface area contributed by atoms with Gasteiger partial charge < -0.3 is 10.5 Å². The number of anilines is 1. The monoisotopic (exact) mass is 604 g/mol. The second kappa shape index (κ2) is 11.9. The predicted octanol–water partition coefficient (Wildman–Crippen LogP) is 4.13. The molecule has 8 nitrogen and oxygen atoms in total. The zero-order valence-electron chi connectivity index (χ0n) is 20.6. The summed E-state index contributed by atoms with van der Waals surface area (Å²) in [5.41, 5.74) is 4.72. The van der Waals surface area contributed by atoms with Gasteiger partial charge in [0.25, 0.3) is 10.0 Å². The minimum Gasteiger partial charge on any atom is -0.468 e. The highest BCUT2D eigenvalue weighted by Gasteiger charge is 2.34. The maximum Gasteiger partial charge on any atom is 0.323 e. The van der Waals surface area contributed by atoms with E-state index in [2.05, 4.69) is 4.74 Å². The van der Waals surface area contributed by atoms with Crippen LogP contribution in [0.2, 0.25) is 5.02 Å². The van der Waals surface area contributed by atoms with Gasteiger partial charge in [-0.25, -0.2) is 30.0 Å². The van der Waals surface area contributed by atoms with Crippen LogP contribution in [0.5, 0.6) is 0 Å². The van der Waals surface area contributed by atoms with E-state index in [4.69, 9.17) is 17.3 Å². The minimum absolute atomic E-state index is 0.0205. The Morgan fingerprint density at radius 1 is 0.974 bits per heavy atom. The lowest BCUT2D eigenvalue weighted by atomic mass is 10.0. The van der Waals surface area contributed by atoms with Gasteiger partial charge in [0.05, 0.1) is 35.2 Å². The molecule has 0 spiro atoms. The summed E-state index contributed by atoms with van der Waals surface area (Å²) in [7, 11) is -7.76. The van der Waals surface area contributed by atoms with Gasteiger partial charge in [0.1, 0.15) is 23.5 Å². The lowest BCUT2D eigenvalue weighted by molar-refractivity contribution is -0.141. The highest BCUT2D eigenvalue weighted by atomic mass is 35.5. The van der Waals surface area contributed by atoms with E-state index in [0.29, 0.717) is 10.4 Å². The molecule has 0 aliphatic heterocycles. The van der Waals surface area contributed by atoms with Crippen molar-refractivity contribution in [3.63, 3.8) is 0 Å². The first-order chi connectivity index (χ1) is 18.2. The largest absolute Gasteiger partial charge is 0.468 e. The summed E-state index contributed by atoms with van der Waals surface area (Å²) < 4.78 is 102. The number of esters is 1. The van der Waals surface area contributed by atoms with Crippen molar-refractivity contribution in [2.45, 2.75) is 29.7 Å². The Kier molecular flexibility index (Phi) is 9.31. The number of sulfone groups is 1. The van der Waals surface area contributed by atoms with Crippen molar-refractivity contribution in [2.24, 2.45) is 5.73 Å². The van der Waals surface area contributed by atoms with E-state index >= 15 is 0 Å². The second-order valence-electron chi connectivity index (χ2n) is 8.55. The van der Waals surface area contributed by atoms with Crippen LogP contribution in [0.25, 0.3) is 0 Å². The quantitative estimate of drug-likeness (QED) is 0.345. The number of methoxy groups -OCH3 is 1. The first-order valence-corrected chi connectivity index (χ1v) is 14.9. The Bertz CT molecular complexity index is 1590. The molecule has 0 radical (unpaired) electrons. The molecule has 2 N–H and O–H groups in total. The van der Waals surface area contributed by atoms with Crippen molar-refractivity contribution < 1.29 is 39.5 Å². The van der Waals surface area contributed by atoms with Crippen LogP contribution in [-0.2, 0) is 35.1 Å². The van der Waals surface area contributed by atoms with Crippen molar-refractivity contribution >= 4 is 43.1 Å². The number of benzene rings is 3. The predicted molar refractivity (Wildman–Crippen MR) is 140 cm³/mol. The molecule has 1 unspecified atom stereocenters. The van der Waals surface area contributed by atoms with Gasteiger partial charge in [-0.1, -0.05) is 17.7 Å². The van der Waals surface area contributed by atoms with Gasteiger partial charge in [-0.3, -0.25) is 9.10 Å². The van der Waals surface area contributed by atoms with Crippen LogP contribution < -0.4 is 10.0 Å². The molecule has 3 rings (SSSR count). The van der Waals surface area contributed by atoms with Crippen LogP contribution in [-0.4, -0.2) is 41.7 Å². The normalized spacial score (nSPS) is 13.5. The molecule has 0 fully saturated rings. The third kappa shape index (κ3) is 7.10. The standard InChI is InChI=1S/C25H24ClF3N2O6S2/c1-15(21-9-5-18(27)11-16(21)13-38(33,34)14-23(30)25(32)37-2)31(24-12-19(28)6-10-22(24)29)39(35,36)20-7-3-17(26)4-8-20/h3-12,15,23H,13-14,30H2,1-2H3/t15-,23?/m1/s1. The van der Waals surface area contributed by atoms with Crippen molar-refractivity contribution in [2.75, 3.05) is 17.2 Å². The number of carbonyl (C=O) groups excluding carboxylic acids is 1. The van der Waals surface area contributed by atoms with Crippen molar-refractivity contribution in [3.05, 3.63) is 94.3 Å². The molecule has 3 aromatic rings. The third-order valence-corrected chi connectivity index (χ3v) is 9.50. The average molecular weight is 605 g/mol. The summed E-state index contributed by atoms with van der Waals surface area (Å²) in [6, 6.07) is 7.24. The molecule has 14 heteroatoms. The Hall–Kier alpha value is -3.13. The number of ether oxygens (including phenoxy) is 1. The highest BCUT2D eigenvalue weighted by Crippen LogP contribution is 2.37. The smallest absolute Gasteiger partial charge is 0.323 e. The molecule has 210 valence electrons. The van der Waals surface area contributed by atoms with E-state index < -0.39 is 72.6 Å². The van der Waals surface area contributed by atoms with Gasteiger partial charge in [-0.15, -0.1) is 0 Å². The molecule has 0 saturated heterocycles. The van der Waals surface area contributed by atoms with E-state index in [9.17, 15) is 34.8 Å². The van der Waals surface area contributed by atoms with Gasteiger partial charge in [0, 0.05) is 11.1 Å². The summed E-state index contributed by atoms with van der Waals surface area (Å²) in [6.07, 6.45) is 0. The molecule has 3 aromatic carbocycles. The zero-order chi connectivity index (χ0) is 29.1.